The highest BCUT2D eigenvalue weighted by molar-refractivity contribution is 7.59. The van der Waals surface area contributed by atoms with Gasteiger partial charge >= 0.3 is 24.5 Å². The third kappa shape index (κ3) is 5.31. The highest BCUT2D eigenvalue weighted by atomic mass is 35.5. The molecule has 0 aromatic heterocycles. The fraction of sp³-hybridized carbons (Fsp3) is 0.273. The Hall–Kier alpha value is -3.49. The van der Waals surface area contributed by atoms with Crippen molar-refractivity contribution in [2.75, 3.05) is 25.9 Å². The van der Waals surface area contributed by atoms with Crippen molar-refractivity contribution in [2.24, 2.45) is 5.10 Å². The standard InChI is InChI=1S/C22H17ClF3N3O7.H2S/c1-33-18(30)21-10-12-9-13(23)3-8-16(12)17(21)27-28(11-35-21)19(31)29(20(32)34-2)14-4-6-15(7-5-14)36-22(24,25)26;/h3-9H,10-11H2,1-2H3;1H2/t21-;/m0./s1. The Morgan fingerprint density at radius 2 is 1.78 bits per heavy atom. The predicted molar refractivity (Wildman–Crippen MR) is 128 cm³/mol. The van der Waals surface area contributed by atoms with Gasteiger partial charge in [-0.1, -0.05) is 17.7 Å². The van der Waals surface area contributed by atoms with Crippen LogP contribution in [-0.2, 0) is 25.4 Å². The first-order valence-corrected chi connectivity index (χ1v) is 10.5. The van der Waals surface area contributed by atoms with Crippen LogP contribution < -0.4 is 9.64 Å². The third-order valence-corrected chi connectivity index (χ3v) is 5.65. The molecule has 2 aromatic carbocycles. The topological polar surface area (TPSA) is 107 Å². The zero-order valence-corrected chi connectivity index (χ0v) is 20.9. The van der Waals surface area contributed by atoms with Crippen molar-refractivity contribution >= 4 is 54.6 Å². The number of hydrazone groups is 1. The molecule has 2 aromatic rings. The van der Waals surface area contributed by atoms with Crippen molar-refractivity contribution < 1.29 is 46.5 Å². The Morgan fingerprint density at radius 1 is 1.11 bits per heavy atom. The number of amides is 3. The van der Waals surface area contributed by atoms with Gasteiger partial charge in [-0.2, -0.15) is 28.5 Å². The summed E-state index contributed by atoms with van der Waals surface area (Å²) in [5, 5.41) is 5.48. The summed E-state index contributed by atoms with van der Waals surface area (Å²) in [6.45, 7) is -0.554. The molecule has 0 fully saturated rings. The van der Waals surface area contributed by atoms with Crippen LogP contribution in [0.2, 0.25) is 5.02 Å². The van der Waals surface area contributed by atoms with Gasteiger partial charge in [0.15, 0.2) is 0 Å². The van der Waals surface area contributed by atoms with Crippen LogP contribution >= 0.6 is 25.1 Å². The van der Waals surface area contributed by atoms with Crippen LogP contribution in [0.5, 0.6) is 5.75 Å². The highest BCUT2D eigenvalue weighted by Crippen LogP contribution is 2.39. The summed E-state index contributed by atoms with van der Waals surface area (Å²) < 4.78 is 56.6. The van der Waals surface area contributed by atoms with Crippen molar-refractivity contribution in [1.82, 2.24) is 5.01 Å². The molecule has 0 saturated carbocycles. The highest BCUT2D eigenvalue weighted by Gasteiger charge is 2.55. The number of alkyl halides is 3. The van der Waals surface area contributed by atoms with Gasteiger partial charge in [-0.3, -0.25) is 0 Å². The van der Waals surface area contributed by atoms with Crippen molar-refractivity contribution in [3.05, 3.63) is 58.6 Å². The van der Waals surface area contributed by atoms with E-state index in [0.29, 0.717) is 21.0 Å². The summed E-state index contributed by atoms with van der Waals surface area (Å²) >= 11 is 6.07. The lowest BCUT2D eigenvalue weighted by molar-refractivity contribution is -0.274. The van der Waals surface area contributed by atoms with E-state index in [1.54, 1.807) is 18.2 Å². The summed E-state index contributed by atoms with van der Waals surface area (Å²) in [6, 6.07) is 7.70. The molecule has 0 spiro atoms. The Kier molecular flexibility index (Phi) is 7.95. The van der Waals surface area contributed by atoms with E-state index in [-0.39, 0.29) is 31.3 Å². The molecule has 0 N–H and O–H groups in total. The number of rotatable bonds is 3. The van der Waals surface area contributed by atoms with E-state index in [1.165, 1.54) is 7.11 Å². The van der Waals surface area contributed by atoms with Crippen LogP contribution in [0.3, 0.4) is 0 Å². The molecular formula is C22H19ClF3N3O7S. The Bertz CT molecular complexity index is 1260. The first kappa shape index (κ1) is 28.1. The van der Waals surface area contributed by atoms with Gasteiger partial charge in [-0.05, 0) is 42.0 Å². The number of imide groups is 1. The molecular weight excluding hydrogens is 543 g/mol. The molecule has 37 heavy (non-hydrogen) atoms. The summed E-state index contributed by atoms with van der Waals surface area (Å²) in [5.74, 6) is -1.31. The van der Waals surface area contributed by atoms with E-state index >= 15 is 0 Å². The smallest absolute Gasteiger partial charge is 0.467 e. The van der Waals surface area contributed by atoms with E-state index in [1.807, 2.05) is 0 Å². The summed E-state index contributed by atoms with van der Waals surface area (Å²) in [4.78, 5) is 39.0. The minimum atomic E-state index is -4.92. The predicted octanol–water partition coefficient (Wildman–Crippen LogP) is 4.21. The van der Waals surface area contributed by atoms with Crippen LogP contribution in [0, 0.1) is 0 Å². The minimum absolute atomic E-state index is 0. The van der Waals surface area contributed by atoms with Crippen LogP contribution in [0.15, 0.2) is 47.6 Å². The number of carbonyl (C=O) groups is 3. The summed E-state index contributed by atoms with van der Waals surface area (Å²) in [7, 11) is 2.19. The fourth-order valence-electron chi connectivity index (χ4n) is 3.87. The number of ether oxygens (including phenoxy) is 4. The van der Waals surface area contributed by atoms with Crippen LogP contribution in [0.1, 0.15) is 11.1 Å². The molecule has 4 rings (SSSR count). The first-order chi connectivity index (χ1) is 17.0. The molecule has 10 nitrogen and oxygen atoms in total. The normalized spacial score (nSPS) is 18.0. The van der Waals surface area contributed by atoms with Gasteiger partial charge in [-0.15, -0.1) is 13.2 Å². The summed E-state index contributed by atoms with van der Waals surface area (Å²) in [6.07, 6.45) is -6.01. The van der Waals surface area contributed by atoms with Gasteiger partial charge in [0.25, 0.3) is 0 Å². The number of anilines is 1. The van der Waals surface area contributed by atoms with Crippen molar-refractivity contribution in [3.8, 4) is 5.75 Å². The van der Waals surface area contributed by atoms with E-state index in [0.717, 1.165) is 36.4 Å². The molecule has 2 aliphatic rings. The number of benzene rings is 2. The number of hydrogen-bond acceptors (Lipinski definition) is 8. The maximum atomic E-state index is 13.3. The van der Waals surface area contributed by atoms with Crippen molar-refractivity contribution in [3.63, 3.8) is 0 Å². The van der Waals surface area contributed by atoms with E-state index < -0.39 is 42.5 Å². The fourth-order valence-corrected chi connectivity index (χ4v) is 4.07. The number of esters is 1. The molecule has 0 saturated heterocycles. The van der Waals surface area contributed by atoms with Gasteiger partial charge in [0.1, 0.15) is 18.2 Å². The molecule has 1 atom stereocenters. The lowest BCUT2D eigenvalue weighted by atomic mass is 9.97. The van der Waals surface area contributed by atoms with Gasteiger partial charge in [0.2, 0.25) is 5.60 Å². The van der Waals surface area contributed by atoms with E-state index in [9.17, 15) is 27.6 Å². The quantitative estimate of drug-likeness (QED) is 0.517. The number of fused-ring (bicyclic) bond motifs is 3. The molecule has 1 heterocycles. The Morgan fingerprint density at radius 3 is 2.38 bits per heavy atom. The molecule has 3 amide bonds. The molecule has 1 aliphatic heterocycles. The molecule has 0 bridgehead atoms. The zero-order valence-electron chi connectivity index (χ0n) is 19.2. The largest absolute Gasteiger partial charge is 0.573 e. The maximum absolute atomic E-state index is 13.3. The van der Waals surface area contributed by atoms with Crippen molar-refractivity contribution in [2.45, 2.75) is 18.4 Å². The Balaban J connectivity index is 0.00000380. The van der Waals surface area contributed by atoms with Gasteiger partial charge in [-0.25, -0.2) is 14.4 Å². The van der Waals surface area contributed by atoms with E-state index in [4.69, 9.17) is 21.1 Å². The number of nitrogens with zero attached hydrogens (tertiary/aromatic N) is 3. The lowest BCUT2D eigenvalue weighted by Crippen LogP contribution is -2.56. The second-order valence-corrected chi connectivity index (χ2v) is 7.98. The number of hydrogen-bond donors (Lipinski definition) is 0. The number of methoxy groups -OCH3 is 2. The number of carbonyl (C=O) groups excluding carboxylic acids is 3. The van der Waals surface area contributed by atoms with Crippen LogP contribution in [0.25, 0.3) is 0 Å². The minimum Gasteiger partial charge on any atom is -0.467 e. The first-order valence-electron chi connectivity index (χ1n) is 10.1. The maximum Gasteiger partial charge on any atom is 0.573 e. The SMILES string of the molecule is COC(=O)N(C(=O)N1CO[C@@]2(C(=O)OC)Cc3cc(Cl)ccc3C2=N1)c1ccc(OC(F)(F)F)cc1.S. The number of urea groups is 1. The molecule has 15 heteroatoms. The van der Waals surface area contributed by atoms with Crippen molar-refractivity contribution in [1.29, 1.82) is 0 Å². The average molecular weight is 562 g/mol. The van der Waals surface area contributed by atoms with Gasteiger partial charge < -0.3 is 18.9 Å². The second kappa shape index (κ2) is 10.5. The average Bonchev–Trinajstić information content (AvgIpc) is 3.17. The van der Waals surface area contributed by atoms with Crippen LogP contribution in [0.4, 0.5) is 28.4 Å². The monoisotopic (exact) mass is 561 g/mol. The third-order valence-electron chi connectivity index (χ3n) is 5.41. The molecule has 198 valence electrons. The second-order valence-electron chi connectivity index (χ2n) is 7.55. The molecule has 0 radical (unpaired) electrons. The summed E-state index contributed by atoms with van der Waals surface area (Å²) in [5.41, 5.74) is -0.582. The van der Waals surface area contributed by atoms with E-state index in [2.05, 4.69) is 14.6 Å². The number of halogens is 4. The lowest BCUT2D eigenvalue weighted by Gasteiger charge is -2.35. The Labute approximate surface area is 219 Å². The van der Waals surface area contributed by atoms with Gasteiger partial charge in [0, 0.05) is 17.0 Å². The molecule has 0 unspecified atom stereocenters. The zero-order chi connectivity index (χ0) is 26.3. The van der Waals surface area contributed by atoms with Crippen LogP contribution in [-0.4, -0.2) is 61.7 Å². The van der Waals surface area contributed by atoms with Gasteiger partial charge in [0.05, 0.1) is 19.9 Å². The molecule has 1 aliphatic carbocycles.